The molecule has 0 radical (unpaired) electrons. The second-order valence-corrected chi connectivity index (χ2v) is 4.72. The lowest BCUT2D eigenvalue weighted by atomic mass is 10.1. The second kappa shape index (κ2) is 5.65. The molecule has 0 amide bonds. The summed E-state index contributed by atoms with van der Waals surface area (Å²) in [7, 11) is 0. The number of aromatic nitrogens is 1. The highest BCUT2D eigenvalue weighted by atomic mass is 16.6. The minimum absolute atomic E-state index is 0.0922. The van der Waals surface area contributed by atoms with Crippen LogP contribution in [0.5, 0.6) is 0 Å². The maximum atomic E-state index is 10.7. The molecule has 2 rings (SSSR count). The lowest BCUT2D eigenvalue weighted by Gasteiger charge is -2.11. The Morgan fingerprint density at radius 2 is 2.16 bits per heavy atom. The fourth-order valence-electron chi connectivity index (χ4n) is 1.75. The van der Waals surface area contributed by atoms with E-state index in [0.29, 0.717) is 5.92 Å². The molecule has 2 aromatic rings. The summed E-state index contributed by atoms with van der Waals surface area (Å²) in [6.45, 7) is 5.21. The third-order valence-corrected chi connectivity index (χ3v) is 3.21. The maximum absolute atomic E-state index is 10.7. The molecule has 0 aliphatic carbocycles. The number of nitro benzene ring substituents is 1. The van der Waals surface area contributed by atoms with E-state index in [9.17, 15) is 10.1 Å². The Bertz CT molecular complexity index is 598. The number of pyridine rings is 1. The molecule has 1 atom stereocenters. The molecule has 1 aromatic heterocycles. The van der Waals surface area contributed by atoms with Crippen LogP contribution in [0.1, 0.15) is 20.3 Å². The molecule has 0 saturated heterocycles. The molecular formula is C14H17N3O2. The van der Waals surface area contributed by atoms with Crippen molar-refractivity contribution in [3.8, 4) is 0 Å². The summed E-state index contributed by atoms with van der Waals surface area (Å²) in [5, 5.41) is 14.8. The zero-order chi connectivity index (χ0) is 13.8. The predicted molar refractivity (Wildman–Crippen MR) is 76.3 cm³/mol. The Balaban J connectivity index is 2.21. The van der Waals surface area contributed by atoms with Gasteiger partial charge >= 0.3 is 0 Å². The van der Waals surface area contributed by atoms with Gasteiger partial charge in [0.05, 0.1) is 10.4 Å². The van der Waals surface area contributed by atoms with Crippen molar-refractivity contribution in [2.45, 2.75) is 20.3 Å². The molecule has 5 nitrogen and oxygen atoms in total. The molecule has 1 N–H and O–H groups in total. The van der Waals surface area contributed by atoms with Gasteiger partial charge in [-0.05, 0) is 24.1 Å². The fraction of sp³-hybridized carbons (Fsp3) is 0.357. The lowest BCUT2D eigenvalue weighted by Crippen LogP contribution is -2.11. The summed E-state index contributed by atoms with van der Waals surface area (Å²) in [4.78, 5) is 14.7. The van der Waals surface area contributed by atoms with Crippen LogP contribution in [0, 0.1) is 16.0 Å². The number of anilines is 1. The van der Waals surface area contributed by atoms with Crippen molar-refractivity contribution >= 4 is 22.4 Å². The van der Waals surface area contributed by atoms with Gasteiger partial charge in [-0.15, -0.1) is 0 Å². The van der Waals surface area contributed by atoms with Gasteiger partial charge in [0.25, 0.3) is 5.69 Å². The highest BCUT2D eigenvalue weighted by Gasteiger charge is 2.07. The van der Waals surface area contributed by atoms with Crippen LogP contribution in [0.3, 0.4) is 0 Å². The van der Waals surface area contributed by atoms with Crippen molar-refractivity contribution in [3.63, 3.8) is 0 Å². The third kappa shape index (κ3) is 3.19. The normalized spacial score (nSPS) is 12.3. The van der Waals surface area contributed by atoms with Crippen LogP contribution >= 0.6 is 0 Å². The van der Waals surface area contributed by atoms with Crippen LogP contribution in [-0.2, 0) is 0 Å². The smallest absolute Gasteiger partial charge is 0.270 e. The van der Waals surface area contributed by atoms with Gasteiger partial charge in [-0.3, -0.25) is 10.1 Å². The van der Waals surface area contributed by atoms with Gasteiger partial charge in [0, 0.05) is 24.1 Å². The van der Waals surface area contributed by atoms with Gasteiger partial charge in [0.15, 0.2) is 0 Å². The molecule has 0 aliphatic heterocycles. The fourth-order valence-corrected chi connectivity index (χ4v) is 1.75. The second-order valence-electron chi connectivity index (χ2n) is 4.72. The molecule has 1 heterocycles. The highest BCUT2D eigenvalue weighted by Crippen LogP contribution is 2.21. The molecule has 0 bridgehead atoms. The number of nitrogens with one attached hydrogen (secondary N) is 1. The van der Waals surface area contributed by atoms with Crippen LogP contribution in [0.15, 0.2) is 30.3 Å². The molecule has 0 saturated carbocycles. The van der Waals surface area contributed by atoms with Crippen LogP contribution < -0.4 is 5.32 Å². The van der Waals surface area contributed by atoms with Gasteiger partial charge in [-0.25, -0.2) is 4.98 Å². The standard InChI is InChI=1S/C14H17N3O2/c1-3-10(2)9-15-14-7-4-11-8-12(17(18)19)5-6-13(11)16-14/h4-8,10H,3,9H2,1-2H3,(H,15,16). The summed E-state index contributed by atoms with van der Waals surface area (Å²) in [6.07, 6.45) is 1.12. The average Bonchev–Trinajstić information content (AvgIpc) is 2.43. The van der Waals surface area contributed by atoms with E-state index in [1.807, 2.05) is 12.1 Å². The van der Waals surface area contributed by atoms with Gasteiger partial charge in [-0.2, -0.15) is 0 Å². The van der Waals surface area contributed by atoms with Crippen molar-refractivity contribution in [2.75, 3.05) is 11.9 Å². The molecular weight excluding hydrogens is 242 g/mol. The number of hydrogen-bond donors (Lipinski definition) is 1. The van der Waals surface area contributed by atoms with Gasteiger partial charge < -0.3 is 5.32 Å². The molecule has 1 aromatic carbocycles. The molecule has 5 heteroatoms. The Morgan fingerprint density at radius 1 is 1.37 bits per heavy atom. The topological polar surface area (TPSA) is 68.1 Å². The SMILES string of the molecule is CCC(C)CNc1ccc2cc([N+](=O)[O-])ccc2n1. The first kappa shape index (κ1) is 13.3. The zero-order valence-electron chi connectivity index (χ0n) is 11.1. The number of rotatable bonds is 5. The van der Waals surface area contributed by atoms with Crippen LogP contribution in [-0.4, -0.2) is 16.5 Å². The van der Waals surface area contributed by atoms with Crippen molar-refractivity contribution in [3.05, 3.63) is 40.4 Å². The van der Waals surface area contributed by atoms with E-state index in [-0.39, 0.29) is 5.69 Å². The highest BCUT2D eigenvalue weighted by molar-refractivity contribution is 5.82. The third-order valence-electron chi connectivity index (χ3n) is 3.21. The molecule has 100 valence electrons. The van der Waals surface area contributed by atoms with Gasteiger partial charge in [0.2, 0.25) is 0 Å². The Morgan fingerprint density at radius 3 is 2.84 bits per heavy atom. The monoisotopic (exact) mass is 259 g/mol. The van der Waals surface area contributed by atoms with Crippen molar-refractivity contribution < 1.29 is 4.92 Å². The summed E-state index contributed by atoms with van der Waals surface area (Å²) in [5.74, 6) is 1.40. The average molecular weight is 259 g/mol. The molecule has 0 aliphatic rings. The van der Waals surface area contributed by atoms with Crippen molar-refractivity contribution in [1.82, 2.24) is 4.98 Å². The number of non-ortho nitro benzene ring substituents is 1. The van der Waals surface area contributed by atoms with Crippen LogP contribution in [0.25, 0.3) is 10.9 Å². The first-order valence-electron chi connectivity index (χ1n) is 6.39. The van der Waals surface area contributed by atoms with E-state index >= 15 is 0 Å². The van der Waals surface area contributed by atoms with E-state index < -0.39 is 4.92 Å². The summed E-state index contributed by atoms with van der Waals surface area (Å²) >= 11 is 0. The van der Waals surface area contributed by atoms with E-state index in [4.69, 9.17) is 0 Å². The maximum Gasteiger partial charge on any atom is 0.270 e. The number of fused-ring (bicyclic) bond motifs is 1. The predicted octanol–water partition coefficient (Wildman–Crippen LogP) is 3.60. The largest absolute Gasteiger partial charge is 0.370 e. The number of nitro groups is 1. The minimum atomic E-state index is -0.394. The van der Waals surface area contributed by atoms with Crippen molar-refractivity contribution in [1.29, 1.82) is 0 Å². The Hall–Kier alpha value is -2.17. The Kier molecular flexibility index (Phi) is 3.94. The first-order chi connectivity index (χ1) is 9.10. The van der Waals surface area contributed by atoms with E-state index in [0.717, 1.165) is 29.7 Å². The number of benzene rings is 1. The lowest BCUT2D eigenvalue weighted by molar-refractivity contribution is -0.384. The minimum Gasteiger partial charge on any atom is -0.370 e. The first-order valence-corrected chi connectivity index (χ1v) is 6.39. The van der Waals surface area contributed by atoms with E-state index in [2.05, 4.69) is 24.1 Å². The van der Waals surface area contributed by atoms with Gasteiger partial charge in [-0.1, -0.05) is 20.3 Å². The van der Waals surface area contributed by atoms with Crippen LogP contribution in [0.4, 0.5) is 11.5 Å². The van der Waals surface area contributed by atoms with Crippen LogP contribution in [0.2, 0.25) is 0 Å². The zero-order valence-corrected chi connectivity index (χ0v) is 11.1. The quantitative estimate of drug-likeness (QED) is 0.658. The van der Waals surface area contributed by atoms with Crippen molar-refractivity contribution in [2.24, 2.45) is 5.92 Å². The molecule has 1 unspecified atom stereocenters. The molecule has 0 spiro atoms. The summed E-state index contributed by atoms with van der Waals surface area (Å²) in [5.41, 5.74) is 0.856. The van der Waals surface area contributed by atoms with E-state index in [1.165, 1.54) is 6.07 Å². The summed E-state index contributed by atoms with van der Waals surface area (Å²) in [6, 6.07) is 8.42. The van der Waals surface area contributed by atoms with E-state index in [1.54, 1.807) is 12.1 Å². The molecule has 19 heavy (non-hydrogen) atoms. The van der Waals surface area contributed by atoms with Gasteiger partial charge in [0.1, 0.15) is 5.82 Å². The molecule has 0 fully saturated rings. The Labute approximate surface area is 111 Å². The number of nitrogens with zero attached hydrogens (tertiary/aromatic N) is 2. The number of hydrogen-bond acceptors (Lipinski definition) is 4. The summed E-state index contributed by atoms with van der Waals surface area (Å²) < 4.78 is 0.